The number of nitrogens with zero attached hydrogens (tertiary/aromatic N) is 9. The van der Waals surface area contributed by atoms with Gasteiger partial charge in [0, 0.05) is 102 Å². The van der Waals surface area contributed by atoms with E-state index in [2.05, 4.69) is 62.7 Å². The highest BCUT2D eigenvalue weighted by molar-refractivity contribution is 7.19. The number of fused-ring (bicyclic) bond motifs is 9. The molecule has 6 fully saturated rings. The highest BCUT2D eigenvalue weighted by atomic mass is 127. The number of para-hydroxylation sites is 2. The third kappa shape index (κ3) is 19.2. The van der Waals surface area contributed by atoms with Gasteiger partial charge >= 0.3 is 0 Å². The van der Waals surface area contributed by atoms with Crippen molar-refractivity contribution in [3.05, 3.63) is 108 Å². The van der Waals surface area contributed by atoms with Gasteiger partial charge in [0.15, 0.2) is 0 Å². The monoisotopic (exact) mass is 1560 g/mol. The number of rotatable bonds is 9. The van der Waals surface area contributed by atoms with E-state index in [9.17, 15) is 0 Å². The van der Waals surface area contributed by atoms with Gasteiger partial charge in [-0.05, 0) is 199 Å². The molecule has 95 heavy (non-hydrogen) atoms. The van der Waals surface area contributed by atoms with Crippen molar-refractivity contribution in [2.24, 2.45) is 5.73 Å². The van der Waals surface area contributed by atoms with Crippen molar-refractivity contribution in [3.8, 4) is 0 Å². The van der Waals surface area contributed by atoms with Crippen LogP contribution in [-0.4, -0.2) is 160 Å². The quantitative estimate of drug-likeness (QED) is 0.0395. The Kier molecular flexibility index (Phi) is 28.4. The van der Waals surface area contributed by atoms with E-state index < -0.39 is 0 Å². The van der Waals surface area contributed by atoms with E-state index in [1.54, 1.807) is 22.7 Å². The third-order valence-electron chi connectivity index (χ3n) is 19.9. The van der Waals surface area contributed by atoms with Gasteiger partial charge in [-0.3, -0.25) is 14.7 Å². The molecule has 0 unspecified atom stereocenters. The predicted octanol–water partition coefficient (Wildman–Crippen LogP) is 12.1. The van der Waals surface area contributed by atoms with Crippen LogP contribution in [0.4, 0.5) is 29.0 Å². The maximum atomic E-state index is 6.21. The molecular formula is C69H91Cl5IN14O3S3-. The molecule has 2 aromatic carbocycles. The normalized spacial score (nSPS) is 23.4. The number of aromatic nitrogens is 6. The second kappa shape index (κ2) is 36.3. The lowest BCUT2D eigenvalue weighted by molar-refractivity contribution is -0.0000300. The van der Waals surface area contributed by atoms with Crippen LogP contribution in [0.25, 0.3) is 30.6 Å². The minimum absolute atomic E-state index is 0. The summed E-state index contributed by atoms with van der Waals surface area (Å²) in [5.41, 5.74) is 17.4. The number of nitrogen functional groups attached to an aromatic ring is 1. The number of halogens is 6. The van der Waals surface area contributed by atoms with Crippen molar-refractivity contribution in [2.45, 2.75) is 171 Å². The summed E-state index contributed by atoms with van der Waals surface area (Å²) in [7, 11) is 0. The van der Waals surface area contributed by atoms with Gasteiger partial charge in [-0.1, -0.05) is 48.0 Å². The lowest BCUT2D eigenvalue weighted by atomic mass is 9.90. The van der Waals surface area contributed by atoms with Gasteiger partial charge in [-0.25, -0.2) is 24.9 Å². The third-order valence-corrected chi connectivity index (χ3v) is 24.1. The number of aryl methyl sites for hydroxylation is 6. The van der Waals surface area contributed by atoms with Crippen LogP contribution in [0.15, 0.2) is 60.7 Å². The van der Waals surface area contributed by atoms with E-state index in [4.69, 9.17) is 70.4 Å². The second-order valence-electron chi connectivity index (χ2n) is 25.8. The standard InChI is InChI=1S/C25H31N5OS.C19H25ClN4OS.C10H20N2O.C9H6Cl2N2S.C6H7N.2ClH.HI/c1-2-5-17(6-3-1)27-25-28-23(22-20-7-4-8-21(20)32-24(22)29-25)26-18-9-11-19(12-10-18)30-13-15-31-16-14-30;20-19-22-17(16-14-2-1-3-15(14)26-18(16)23-19)21-12-4-6-13(7-5-12)24-8-10-25-11-9-24;11-9-1-3-10(4-2-9)12-5-7-13-8-6-12;10-7-6-4-2-1-3-5(4)14-8(6)13-9(11)12-7;7-6-4-2-1-3-5-6;;;/h1-3,5-6,18-19H,4,7-16H2,(H2,26,27,28,29);12-13H,1-11H2,(H,21,22,23);9-10H,1-8,11H2;1-3H2;1-5H,7H2;3*1H/p-1. The zero-order valence-corrected chi connectivity index (χ0v) is 62.5. The molecule has 26 heteroatoms. The van der Waals surface area contributed by atoms with Gasteiger partial charge in [0.1, 0.15) is 31.3 Å². The van der Waals surface area contributed by atoms with Crippen molar-refractivity contribution in [1.29, 1.82) is 0 Å². The molecule has 17 nitrogen and oxygen atoms in total. The Morgan fingerprint density at radius 1 is 0.442 bits per heavy atom. The van der Waals surface area contributed by atoms with Crippen molar-refractivity contribution in [1.82, 2.24) is 44.6 Å². The van der Waals surface area contributed by atoms with Crippen molar-refractivity contribution >= 4 is 153 Å². The molecule has 9 heterocycles. The summed E-state index contributed by atoms with van der Waals surface area (Å²) >= 11 is 23.4. The summed E-state index contributed by atoms with van der Waals surface area (Å²) in [5, 5.41) is 15.6. The summed E-state index contributed by atoms with van der Waals surface area (Å²) in [6.45, 7) is 12.0. The number of nitrogens with two attached hydrogens (primary N) is 2. The molecule has 516 valence electrons. The first-order valence-electron chi connectivity index (χ1n) is 33.9. The Hall–Kier alpha value is -3.34. The Morgan fingerprint density at radius 3 is 1.25 bits per heavy atom. The molecule has 3 saturated heterocycles. The lowest BCUT2D eigenvalue weighted by Crippen LogP contribution is -3.00. The fourth-order valence-electron chi connectivity index (χ4n) is 15.1. The van der Waals surface area contributed by atoms with Gasteiger partial charge in [-0.15, -0.1) is 58.8 Å². The summed E-state index contributed by atoms with van der Waals surface area (Å²) < 4.78 is 16.4. The topological polar surface area (TPSA) is 203 Å². The average molecular weight is 1560 g/mol. The highest BCUT2D eigenvalue weighted by Gasteiger charge is 2.32. The molecule has 0 radical (unpaired) electrons. The van der Waals surface area contributed by atoms with Crippen molar-refractivity contribution in [3.63, 3.8) is 0 Å². The van der Waals surface area contributed by atoms with Crippen LogP contribution in [-0.2, 0) is 52.7 Å². The number of hydrogen-bond acceptors (Lipinski definition) is 20. The Bertz CT molecular complexity index is 3690. The molecule has 0 spiro atoms. The summed E-state index contributed by atoms with van der Waals surface area (Å²) in [6.07, 6.45) is 25.4. The molecule has 6 aromatic heterocycles. The van der Waals surface area contributed by atoms with Crippen LogP contribution >= 0.6 is 93.6 Å². The van der Waals surface area contributed by atoms with E-state index in [0.29, 0.717) is 40.6 Å². The van der Waals surface area contributed by atoms with E-state index in [1.165, 1.54) is 151 Å². The van der Waals surface area contributed by atoms with Gasteiger partial charge in [-0.2, -0.15) is 4.98 Å². The Morgan fingerprint density at radius 2 is 0.821 bits per heavy atom. The van der Waals surface area contributed by atoms with Gasteiger partial charge in [0.25, 0.3) is 0 Å². The lowest BCUT2D eigenvalue weighted by Gasteiger charge is -2.39. The molecule has 9 aliphatic rings. The van der Waals surface area contributed by atoms with E-state index >= 15 is 0 Å². The average Bonchev–Trinajstić information content (AvgIpc) is 1.64. The zero-order valence-electron chi connectivity index (χ0n) is 54.0. The fraction of sp³-hybridized carbons (Fsp3) is 0.565. The molecule has 8 aromatic rings. The van der Waals surface area contributed by atoms with Crippen LogP contribution in [0.2, 0.25) is 15.7 Å². The smallest absolute Gasteiger partial charge is 0.230 e. The fourth-order valence-corrected chi connectivity index (χ4v) is 19.7. The predicted molar refractivity (Wildman–Crippen MR) is 395 cm³/mol. The number of thiophene rings is 3. The van der Waals surface area contributed by atoms with Crippen molar-refractivity contribution in [2.75, 3.05) is 101 Å². The van der Waals surface area contributed by atoms with Gasteiger partial charge in [0.05, 0.1) is 55.8 Å². The SMILES string of the molecule is Cl.Cl.Clc1nc(Cl)c2c3c(sc2n1)CCC3.Clc1nc(NC2CCC(N3CCOCC3)CC2)c2c3c(sc2n1)CCC3.NC1CCC(N2CCOCC2)CC1.Nc1ccccc1.[I-].c1ccc(Nc2nc(NC3CCC(N4CCOCC4)CC3)c3c4c(sc3n2)CCC4)cc1. The first kappa shape index (κ1) is 74.4. The van der Waals surface area contributed by atoms with Crippen molar-refractivity contribution < 1.29 is 38.2 Å². The molecule has 7 N–H and O–H groups in total. The molecular weight excluding hydrogens is 1470 g/mol. The highest BCUT2D eigenvalue weighted by Crippen LogP contribution is 2.44. The van der Waals surface area contributed by atoms with E-state index in [-0.39, 0.29) is 54.1 Å². The van der Waals surface area contributed by atoms with E-state index in [0.717, 1.165) is 160 Å². The van der Waals surface area contributed by atoms with Crippen LogP contribution in [0.1, 0.15) is 128 Å². The first-order valence-corrected chi connectivity index (χ1v) is 37.5. The molecule has 0 amide bonds. The molecule has 0 atom stereocenters. The van der Waals surface area contributed by atoms with Crippen LogP contribution in [0.3, 0.4) is 0 Å². The van der Waals surface area contributed by atoms with Crippen LogP contribution in [0.5, 0.6) is 0 Å². The number of hydrogen-bond donors (Lipinski definition) is 5. The first-order chi connectivity index (χ1) is 45.1. The van der Waals surface area contributed by atoms with Crippen LogP contribution < -0.4 is 51.4 Å². The number of ether oxygens (including phenoxy) is 3. The molecule has 17 rings (SSSR count). The minimum atomic E-state index is 0. The van der Waals surface area contributed by atoms with E-state index in [1.807, 2.05) is 59.9 Å². The Labute approximate surface area is 615 Å². The minimum Gasteiger partial charge on any atom is -1.00 e. The summed E-state index contributed by atoms with van der Waals surface area (Å²) in [5.74, 6) is 2.69. The number of morpholine rings is 3. The number of nitrogens with one attached hydrogen (secondary N) is 3. The van der Waals surface area contributed by atoms with Gasteiger partial charge in [0.2, 0.25) is 16.5 Å². The number of benzene rings is 2. The Balaban J connectivity index is 0.000000139. The molecule has 6 aliphatic carbocycles. The van der Waals surface area contributed by atoms with Crippen LogP contribution in [0, 0.1) is 0 Å². The summed E-state index contributed by atoms with van der Waals surface area (Å²) in [6, 6.07) is 23.4. The molecule has 0 bridgehead atoms. The zero-order chi connectivity index (χ0) is 62.8. The maximum Gasteiger partial charge on any atom is 0.230 e. The molecule has 3 aliphatic heterocycles. The van der Waals surface area contributed by atoms with Gasteiger partial charge < -0.3 is 65.6 Å². The summed E-state index contributed by atoms with van der Waals surface area (Å²) in [4.78, 5) is 42.4. The second-order valence-corrected chi connectivity index (χ2v) is 30.1. The molecule has 3 saturated carbocycles. The largest absolute Gasteiger partial charge is 1.00 e. The maximum absolute atomic E-state index is 6.21. The number of anilines is 5.